The normalized spacial score (nSPS) is 16.4. The number of amidine groups is 1. The van der Waals surface area contributed by atoms with Crippen molar-refractivity contribution in [2.45, 2.75) is 26.4 Å². The van der Waals surface area contributed by atoms with E-state index in [1.165, 1.54) is 4.88 Å². The van der Waals surface area contributed by atoms with Crippen molar-refractivity contribution in [3.63, 3.8) is 0 Å². The molecule has 3 rings (SSSR count). The van der Waals surface area contributed by atoms with Crippen LogP contribution in [-0.4, -0.2) is 49.8 Å². The van der Waals surface area contributed by atoms with Gasteiger partial charge in [-0.05, 0) is 51.0 Å². The second-order valence-electron chi connectivity index (χ2n) is 7.55. The van der Waals surface area contributed by atoms with E-state index in [4.69, 9.17) is 10.1 Å². The first kappa shape index (κ1) is 22.7. The second-order valence-corrected chi connectivity index (χ2v) is 8.52. The lowest BCUT2D eigenvalue weighted by atomic mass is 10.0. The van der Waals surface area contributed by atoms with E-state index in [1.807, 2.05) is 59.3 Å². The lowest BCUT2D eigenvalue weighted by Crippen LogP contribution is -2.35. The van der Waals surface area contributed by atoms with Crippen molar-refractivity contribution in [3.8, 4) is 5.75 Å². The van der Waals surface area contributed by atoms with Gasteiger partial charge < -0.3 is 20.3 Å². The van der Waals surface area contributed by atoms with Crippen molar-refractivity contribution in [1.29, 1.82) is 5.41 Å². The summed E-state index contributed by atoms with van der Waals surface area (Å²) in [5.74, 6) is 1.35. The Balaban J connectivity index is 1.80. The number of hydrogen-bond acceptors (Lipinski definition) is 8. The SMILES string of the molecule is CNCCC(Oc1cccc(N/C(C)=C2\C(=N)C(N(C)C)=NN=C2C)c1)c1cccs1. The minimum absolute atomic E-state index is 0.00177. The molecule has 0 bridgehead atoms. The van der Waals surface area contributed by atoms with Gasteiger partial charge in [-0.3, -0.25) is 5.41 Å². The second kappa shape index (κ2) is 10.4. The number of benzene rings is 1. The molecule has 0 amide bonds. The van der Waals surface area contributed by atoms with Gasteiger partial charge in [-0.1, -0.05) is 12.1 Å². The highest BCUT2D eigenvalue weighted by atomic mass is 32.1. The molecule has 1 atom stereocenters. The minimum atomic E-state index is 0.00177. The number of hydrogen-bond donors (Lipinski definition) is 3. The molecule has 0 spiro atoms. The molecular formula is C23H30N6OS. The molecule has 2 heterocycles. The van der Waals surface area contributed by atoms with Gasteiger partial charge in [0.25, 0.3) is 0 Å². The van der Waals surface area contributed by atoms with Crippen molar-refractivity contribution >= 4 is 34.3 Å². The Morgan fingerprint density at radius 1 is 1.23 bits per heavy atom. The number of nitrogens with zero attached hydrogens (tertiary/aromatic N) is 3. The van der Waals surface area contributed by atoms with Crippen molar-refractivity contribution in [3.05, 3.63) is 57.9 Å². The van der Waals surface area contributed by atoms with Crippen LogP contribution < -0.4 is 15.4 Å². The number of anilines is 1. The number of thiophene rings is 1. The maximum atomic E-state index is 8.56. The van der Waals surface area contributed by atoms with E-state index in [0.717, 1.165) is 41.4 Å². The molecule has 3 N–H and O–H groups in total. The van der Waals surface area contributed by atoms with E-state index in [-0.39, 0.29) is 6.10 Å². The van der Waals surface area contributed by atoms with Crippen LogP contribution in [0.15, 0.2) is 63.3 Å². The van der Waals surface area contributed by atoms with Crippen LogP contribution >= 0.6 is 11.3 Å². The molecule has 2 aromatic rings. The summed E-state index contributed by atoms with van der Waals surface area (Å²) in [5.41, 5.74) is 3.59. The van der Waals surface area contributed by atoms with Gasteiger partial charge in [0.1, 0.15) is 17.6 Å². The zero-order chi connectivity index (χ0) is 22.4. The van der Waals surface area contributed by atoms with Gasteiger partial charge in [0.15, 0.2) is 5.84 Å². The zero-order valence-electron chi connectivity index (χ0n) is 18.7. The maximum Gasteiger partial charge on any atom is 0.176 e. The molecule has 1 aromatic carbocycles. The number of ether oxygens (including phenoxy) is 1. The highest BCUT2D eigenvalue weighted by molar-refractivity contribution is 7.10. The molecule has 0 saturated carbocycles. The molecule has 8 heteroatoms. The van der Waals surface area contributed by atoms with Crippen molar-refractivity contribution in [2.24, 2.45) is 10.2 Å². The van der Waals surface area contributed by atoms with Gasteiger partial charge in [-0.25, -0.2) is 0 Å². The molecule has 7 nitrogen and oxygen atoms in total. The van der Waals surface area contributed by atoms with E-state index in [1.54, 1.807) is 16.2 Å². The average molecular weight is 439 g/mol. The fourth-order valence-electron chi connectivity index (χ4n) is 3.39. The monoisotopic (exact) mass is 438 g/mol. The standard InChI is InChI=1S/C23H30N6OS/c1-15(21-16(2)27-28-23(22(21)24)29(4)5)26-17-8-6-9-18(14-17)30-19(11-12-25-3)20-10-7-13-31-20/h6-10,13-14,19,24-26H,11-12H2,1-5H3/b21-15-,24-22?. The molecule has 31 heavy (non-hydrogen) atoms. The molecule has 0 aliphatic carbocycles. The fourth-order valence-corrected chi connectivity index (χ4v) is 4.18. The smallest absolute Gasteiger partial charge is 0.176 e. The summed E-state index contributed by atoms with van der Waals surface area (Å²) in [4.78, 5) is 3.01. The van der Waals surface area contributed by atoms with Crippen LogP contribution in [-0.2, 0) is 0 Å². The lowest BCUT2D eigenvalue weighted by molar-refractivity contribution is 0.199. The Bertz CT molecular complexity index is 1010. The zero-order valence-corrected chi connectivity index (χ0v) is 19.5. The summed E-state index contributed by atoms with van der Waals surface area (Å²) in [6, 6.07) is 12.1. The Morgan fingerprint density at radius 2 is 2.03 bits per heavy atom. The highest BCUT2D eigenvalue weighted by Gasteiger charge is 2.23. The Labute approximate surface area is 188 Å². The first-order valence-electron chi connectivity index (χ1n) is 10.2. The maximum absolute atomic E-state index is 8.56. The van der Waals surface area contributed by atoms with Crippen LogP contribution in [0.3, 0.4) is 0 Å². The average Bonchev–Trinajstić information content (AvgIpc) is 3.26. The van der Waals surface area contributed by atoms with Gasteiger partial charge >= 0.3 is 0 Å². The van der Waals surface area contributed by atoms with Gasteiger partial charge in [0.05, 0.1) is 5.71 Å². The quantitative estimate of drug-likeness (QED) is 0.565. The van der Waals surface area contributed by atoms with Gasteiger partial charge in [-0.15, -0.1) is 16.4 Å². The molecule has 0 saturated heterocycles. The van der Waals surface area contributed by atoms with E-state index in [9.17, 15) is 0 Å². The Morgan fingerprint density at radius 3 is 2.71 bits per heavy atom. The van der Waals surface area contributed by atoms with Crippen LogP contribution in [0.1, 0.15) is 31.2 Å². The third-order valence-corrected chi connectivity index (χ3v) is 5.85. The van der Waals surface area contributed by atoms with Crippen LogP contribution in [0.4, 0.5) is 5.69 Å². The van der Waals surface area contributed by atoms with Crippen LogP contribution in [0.5, 0.6) is 5.75 Å². The predicted molar refractivity (Wildman–Crippen MR) is 131 cm³/mol. The van der Waals surface area contributed by atoms with Gasteiger partial charge in [-0.2, -0.15) is 5.10 Å². The fraction of sp³-hybridized carbons (Fsp3) is 0.348. The van der Waals surface area contributed by atoms with Crippen LogP contribution in [0, 0.1) is 5.41 Å². The summed E-state index contributed by atoms with van der Waals surface area (Å²) in [5, 5.41) is 25.6. The summed E-state index contributed by atoms with van der Waals surface area (Å²) >= 11 is 1.71. The molecule has 1 aliphatic heterocycles. The minimum Gasteiger partial charge on any atom is -0.485 e. The molecule has 0 fully saturated rings. The van der Waals surface area contributed by atoms with Crippen molar-refractivity contribution < 1.29 is 4.74 Å². The summed E-state index contributed by atoms with van der Waals surface area (Å²) < 4.78 is 6.34. The molecule has 1 aliphatic rings. The lowest BCUT2D eigenvalue weighted by Gasteiger charge is -2.23. The van der Waals surface area contributed by atoms with E-state index in [0.29, 0.717) is 11.5 Å². The molecule has 164 valence electrons. The molecule has 0 radical (unpaired) electrons. The molecular weight excluding hydrogens is 408 g/mol. The summed E-state index contributed by atoms with van der Waals surface area (Å²) in [6.45, 7) is 4.70. The summed E-state index contributed by atoms with van der Waals surface area (Å²) in [6.07, 6.45) is 0.888. The van der Waals surface area contributed by atoms with E-state index < -0.39 is 0 Å². The number of nitrogens with one attached hydrogen (secondary N) is 3. The molecule has 1 unspecified atom stereocenters. The predicted octanol–water partition coefficient (Wildman–Crippen LogP) is 4.53. The topological polar surface area (TPSA) is 85.1 Å². The third-order valence-electron chi connectivity index (χ3n) is 4.89. The number of rotatable bonds is 8. The highest BCUT2D eigenvalue weighted by Crippen LogP contribution is 2.30. The largest absolute Gasteiger partial charge is 0.485 e. The number of allylic oxidation sites excluding steroid dienone is 1. The van der Waals surface area contributed by atoms with E-state index in [2.05, 4.69) is 38.3 Å². The Hall–Kier alpha value is -2.97. The van der Waals surface area contributed by atoms with Crippen LogP contribution in [0.25, 0.3) is 0 Å². The van der Waals surface area contributed by atoms with Crippen molar-refractivity contribution in [2.75, 3.05) is 33.0 Å². The third kappa shape index (κ3) is 5.59. The van der Waals surface area contributed by atoms with E-state index >= 15 is 0 Å². The van der Waals surface area contributed by atoms with Crippen molar-refractivity contribution in [1.82, 2.24) is 10.2 Å². The Kier molecular flexibility index (Phi) is 7.59. The first-order valence-corrected chi connectivity index (χ1v) is 11.1. The summed E-state index contributed by atoms with van der Waals surface area (Å²) in [7, 11) is 5.68. The van der Waals surface area contributed by atoms with Gasteiger partial charge in [0, 0.05) is 48.4 Å². The first-order chi connectivity index (χ1) is 14.9. The van der Waals surface area contributed by atoms with Gasteiger partial charge in [0.2, 0.25) is 0 Å². The van der Waals surface area contributed by atoms with Crippen LogP contribution in [0.2, 0.25) is 0 Å². The molecule has 1 aromatic heterocycles.